The zero-order valence-electron chi connectivity index (χ0n) is 9.79. The van der Waals surface area contributed by atoms with Crippen LogP contribution in [-0.2, 0) is 11.3 Å². The first kappa shape index (κ1) is 11.7. The van der Waals surface area contributed by atoms with E-state index in [0.29, 0.717) is 16.9 Å². The zero-order chi connectivity index (χ0) is 13.6. The molecule has 0 unspecified atom stereocenters. The van der Waals surface area contributed by atoms with Gasteiger partial charge in [0.25, 0.3) is 0 Å². The van der Waals surface area contributed by atoms with Crippen LogP contribution in [0.4, 0.5) is 8.78 Å². The highest BCUT2D eigenvalue weighted by molar-refractivity contribution is 5.80. The third kappa shape index (κ3) is 2.16. The highest BCUT2D eigenvalue weighted by atomic mass is 19.3. The molecule has 0 radical (unpaired) electrons. The molecule has 1 aromatic carbocycles. The fraction of sp³-hybridized carbons (Fsp3) is 0.273. The van der Waals surface area contributed by atoms with Crippen molar-refractivity contribution in [3.05, 3.63) is 18.0 Å². The van der Waals surface area contributed by atoms with Crippen LogP contribution in [0.15, 0.2) is 12.1 Å². The van der Waals surface area contributed by atoms with Gasteiger partial charge in [0.1, 0.15) is 5.82 Å². The predicted molar refractivity (Wildman–Crippen MR) is 59.8 cm³/mol. The molecule has 8 heteroatoms. The lowest BCUT2D eigenvalue weighted by atomic mass is 10.3. The second-order valence-corrected chi connectivity index (χ2v) is 4.08. The molecule has 0 spiro atoms. The molecule has 2 aromatic rings. The summed E-state index contributed by atoms with van der Waals surface area (Å²) in [5.41, 5.74) is 0.987. The Morgan fingerprint density at radius 1 is 1.42 bits per heavy atom. The van der Waals surface area contributed by atoms with Gasteiger partial charge in [0.15, 0.2) is 11.5 Å². The molecule has 0 saturated carbocycles. The summed E-state index contributed by atoms with van der Waals surface area (Å²) in [4.78, 5) is 17.9. The Morgan fingerprint density at radius 2 is 2.11 bits per heavy atom. The van der Waals surface area contributed by atoms with Gasteiger partial charge in [0.2, 0.25) is 5.91 Å². The average molecular weight is 269 g/mol. The van der Waals surface area contributed by atoms with Gasteiger partial charge < -0.3 is 19.8 Å². The van der Waals surface area contributed by atoms with Gasteiger partial charge in [-0.05, 0) is 0 Å². The largest absolute Gasteiger partial charge is 0.586 e. The van der Waals surface area contributed by atoms with E-state index in [1.54, 1.807) is 0 Å². The maximum Gasteiger partial charge on any atom is 0.586 e. The summed E-state index contributed by atoms with van der Waals surface area (Å²) < 4.78 is 34.4. The minimum Gasteiger partial charge on any atom is -0.395 e. The Bertz CT molecular complexity index is 623. The summed E-state index contributed by atoms with van der Waals surface area (Å²) in [5.74, 6) is 0.220. The number of ether oxygens (including phenoxy) is 2. The Labute approximate surface area is 105 Å². The van der Waals surface area contributed by atoms with Gasteiger partial charge in [-0.15, -0.1) is 8.78 Å². The van der Waals surface area contributed by atoms with Crippen LogP contribution in [0.1, 0.15) is 12.7 Å². The van der Waals surface area contributed by atoms with Crippen molar-refractivity contribution in [2.75, 3.05) is 0 Å². The first-order chi connectivity index (χ1) is 8.93. The van der Waals surface area contributed by atoms with Gasteiger partial charge in [-0.1, -0.05) is 0 Å². The number of aromatic amines is 1. The molecule has 0 aliphatic carbocycles. The van der Waals surface area contributed by atoms with Crippen LogP contribution >= 0.6 is 0 Å². The molecule has 0 atom stereocenters. The highest BCUT2D eigenvalue weighted by Crippen LogP contribution is 2.42. The second kappa shape index (κ2) is 3.81. The normalized spacial score (nSPS) is 15.7. The van der Waals surface area contributed by atoms with Crippen molar-refractivity contribution in [1.82, 2.24) is 15.3 Å². The van der Waals surface area contributed by atoms with Crippen molar-refractivity contribution < 1.29 is 23.0 Å². The Kier molecular flexibility index (Phi) is 2.34. The maximum atomic E-state index is 12.9. The Hall–Kier alpha value is -2.38. The topological polar surface area (TPSA) is 76.2 Å². The van der Waals surface area contributed by atoms with Gasteiger partial charge in [-0.25, -0.2) is 4.98 Å². The van der Waals surface area contributed by atoms with Crippen LogP contribution in [0, 0.1) is 0 Å². The van der Waals surface area contributed by atoms with Crippen molar-refractivity contribution in [2.45, 2.75) is 19.8 Å². The van der Waals surface area contributed by atoms with Gasteiger partial charge in [0.05, 0.1) is 17.6 Å². The fourth-order valence-electron chi connectivity index (χ4n) is 1.80. The van der Waals surface area contributed by atoms with Crippen LogP contribution in [0.5, 0.6) is 11.5 Å². The SMILES string of the molecule is CC(=O)NCc1nc2cc3c(cc2[nH]1)OC(F)(F)O3. The molecule has 1 aliphatic rings. The van der Waals surface area contributed by atoms with Crippen LogP contribution in [-0.4, -0.2) is 22.2 Å². The molecule has 0 bridgehead atoms. The average Bonchev–Trinajstić information content (AvgIpc) is 2.80. The summed E-state index contributed by atoms with van der Waals surface area (Å²) in [6.45, 7) is 1.62. The number of nitrogens with one attached hydrogen (secondary N) is 2. The standard InChI is InChI=1S/C11H9F2N3O3/c1-5(17)14-4-10-15-6-2-8-9(3-7(6)16-10)19-11(12,13)18-8/h2-3H,4H2,1H3,(H,14,17)(H,15,16). The van der Waals surface area contributed by atoms with Crippen molar-refractivity contribution in [3.8, 4) is 11.5 Å². The van der Waals surface area contributed by atoms with E-state index in [2.05, 4.69) is 24.8 Å². The van der Waals surface area contributed by atoms with E-state index in [1.807, 2.05) is 0 Å². The minimum atomic E-state index is -3.64. The Morgan fingerprint density at radius 3 is 2.79 bits per heavy atom. The summed E-state index contributed by atoms with van der Waals surface area (Å²) >= 11 is 0. The summed E-state index contributed by atoms with van der Waals surface area (Å²) in [5, 5.41) is 2.58. The molecule has 1 amide bonds. The smallest absolute Gasteiger partial charge is 0.395 e. The number of rotatable bonds is 2. The predicted octanol–water partition coefficient (Wildman–Crippen LogP) is 1.52. The molecular weight excluding hydrogens is 260 g/mol. The number of hydrogen-bond donors (Lipinski definition) is 2. The first-order valence-corrected chi connectivity index (χ1v) is 5.46. The molecule has 0 fully saturated rings. The van der Waals surface area contributed by atoms with Crippen molar-refractivity contribution in [1.29, 1.82) is 0 Å². The summed E-state index contributed by atoms with van der Waals surface area (Å²) in [6, 6.07) is 2.75. The molecule has 1 aliphatic heterocycles. The van der Waals surface area contributed by atoms with Gasteiger partial charge in [-0.3, -0.25) is 4.79 Å². The number of carbonyl (C=O) groups is 1. The molecule has 2 heterocycles. The molecule has 19 heavy (non-hydrogen) atoms. The first-order valence-electron chi connectivity index (χ1n) is 5.46. The number of halogens is 2. The number of carbonyl (C=O) groups excluding carboxylic acids is 1. The van der Waals surface area contributed by atoms with Crippen LogP contribution in [0.25, 0.3) is 11.0 Å². The zero-order valence-corrected chi connectivity index (χ0v) is 9.79. The van der Waals surface area contributed by atoms with Crippen LogP contribution < -0.4 is 14.8 Å². The molecule has 6 nitrogen and oxygen atoms in total. The number of aromatic nitrogens is 2. The molecule has 100 valence electrons. The third-order valence-corrected chi connectivity index (χ3v) is 2.56. The fourth-order valence-corrected chi connectivity index (χ4v) is 1.80. The number of benzene rings is 1. The third-order valence-electron chi connectivity index (χ3n) is 2.56. The van der Waals surface area contributed by atoms with Crippen molar-refractivity contribution >= 4 is 16.9 Å². The summed E-state index contributed by atoms with van der Waals surface area (Å²) in [6.07, 6.45) is -3.64. The second-order valence-electron chi connectivity index (χ2n) is 4.08. The number of imidazole rings is 1. The van der Waals surface area contributed by atoms with E-state index in [4.69, 9.17) is 0 Å². The van der Waals surface area contributed by atoms with Crippen LogP contribution in [0.2, 0.25) is 0 Å². The summed E-state index contributed by atoms with van der Waals surface area (Å²) in [7, 11) is 0. The minimum absolute atomic E-state index is 0.0489. The van der Waals surface area contributed by atoms with Crippen molar-refractivity contribution in [2.24, 2.45) is 0 Å². The molecule has 2 N–H and O–H groups in total. The molecule has 0 saturated heterocycles. The van der Waals surface area contributed by atoms with E-state index in [9.17, 15) is 13.6 Å². The maximum absolute atomic E-state index is 12.9. The quantitative estimate of drug-likeness (QED) is 0.866. The van der Waals surface area contributed by atoms with Crippen LogP contribution in [0.3, 0.4) is 0 Å². The van der Waals surface area contributed by atoms with E-state index < -0.39 is 6.29 Å². The van der Waals surface area contributed by atoms with Gasteiger partial charge in [0, 0.05) is 19.1 Å². The lowest BCUT2D eigenvalue weighted by Crippen LogP contribution is -2.25. The van der Waals surface area contributed by atoms with Gasteiger partial charge in [-0.2, -0.15) is 0 Å². The number of alkyl halides is 2. The Balaban J connectivity index is 1.92. The molecule has 1 aromatic heterocycles. The molecular formula is C11H9F2N3O3. The van der Waals surface area contributed by atoms with E-state index in [-0.39, 0.29) is 24.0 Å². The lowest BCUT2D eigenvalue weighted by molar-refractivity contribution is -0.286. The molecule has 3 rings (SSSR count). The number of fused-ring (bicyclic) bond motifs is 2. The number of H-pyrrole nitrogens is 1. The van der Waals surface area contributed by atoms with Gasteiger partial charge >= 0.3 is 6.29 Å². The lowest BCUT2D eigenvalue weighted by Gasteiger charge is -2.04. The highest BCUT2D eigenvalue weighted by Gasteiger charge is 2.43. The van der Waals surface area contributed by atoms with E-state index in [1.165, 1.54) is 19.1 Å². The van der Waals surface area contributed by atoms with E-state index in [0.717, 1.165) is 0 Å². The number of nitrogens with zero attached hydrogens (tertiary/aromatic N) is 1. The number of amides is 1. The number of hydrogen-bond acceptors (Lipinski definition) is 4. The van der Waals surface area contributed by atoms with Crippen molar-refractivity contribution in [3.63, 3.8) is 0 Å². The monoisotopic (exact) mass is 269 g/mol. The van der Waals surface area contributed by atoms with E-state index >= 15 is 0 Å².